The Morgan fingerprint density at radius 1 is 1.53 bits per heavy atom. The summed E-state index contributed by atoms with van der Waals surface area (Å²) in [6.45, 7) is 3.59. The second-order valence-corrected chi connectivity index (χ2v) is 8.95. The highest BCUT2D eigenvalue weighted by atomic mass is 35.5. The summed E-state index contributed by atoms with van der Waals surface area (Å²) in [5.74, 6) is 0.388. The Morgan fingerprint density at radius 3 is 2.60 bits per heavy atom. The molecule has 0 unspecified atom stereocenters. The van der Waals surface area contributed by atoms with Crippen molar-refractivity contribution in [2.75, 3.05) is 13.3 Å². The van der Waals surface area contributed by atoms with E-state index in [0.717, 1.165) is 0 Å². The van der Waals surface area contributed by atoms with Crippen molar-refractivity contribution in [1.82, 2.24) is 0 Å². The van der Waals surface area contributed by atoms with Gasteiger partial charge in [-0.05, 0) is 25.5 Å². The third-order valence-corrected chi connectivity index (χ3v) is 2.63. The van der Waals surface area contributed by atoms with Crippen LogP contribution in [0.5, 0.6) is 5.75 Å². The minimum atomic E-state index is -1.89. The van der Waals surface area contributed by atoms with E-state index in [-0.39, 0.29) is 10.7 Å². The fourth-order valence-electron chi connectivity index (χ4n) is 0.943. The monoisotopic (exact) mass is 265 g/mol. The van der Waals surface area contributed by atoms with Crippen LogP contribution in [0.1, 0.15) is 0 Å². The summed E-state index contributed by atoms with van der Waals surface area (Å²) in [5, 5.41) is 10.7. The molecule has 0 aliphatic rings. The van der Waals surface area contributed by atoms with Gasteiger partial charge in [0.25, 0.3) is 5.69 Å². The Hall–Kier alpha value is -0.640. The first-order chi connectivity index (χ1) is 6.79. The molecular weight excluding hydrogens is 257 g/mol. The molecule has 0 spiro atoms. The van der Waals surface area contributed by atoms with Crippen LogP contribution in [0.3, 0.4) is 0 Å². The molecule has 15 heavy (non-hydrogen) atoms. The molecule has 0 saturated carbocycles. The van der Waals surface area contributed by atoms with Crippen LogP contribution in [0, 0.1) is 10.1 Å². The molecule has 1 aromatic carbocycles. The topological polar surface area (TPSA) is 52.4 Å². The van der Waals surface area contributed by atoms with Crippen molar-refractivity contribution in [2.24, 2.45) is 0 Å². The van der Waals surface area contributed by atoms with Gasteiger partial charge in [-0.1, -0.05) is 23.4 Å². The molecule has 0 saturated heterocycles. The summed E-state index contributed by atoms with van der Waals surface area (Å²) in [4.78, 5) is 10.0. The molecule has 1 aromatic rings. The lowest BCUT2D eigenvalue weighted by Crippen LogP contribution is -1.92. The predicted molar refractivity (Wildman–Crippen MR) is 64.9 cm³/mol. The van der Waals surface area contributed by atoms with Crippen LogP contribution in [0.4, 0.5) is 5.69 Å². The van der Waals surface area contributed by atoms with Gasteiger partial charge in [-0.2, -0.15) is 0 Å². The highest BCUT2D eigenvalue weighted by molar-refractivity contribution is 8.11. The number of benzene rings is 1. The summed E-state index contributed by atoms with van der Waals surface area (Å²) in [7, 11) is 0. The smallest absolute Gasteiger partial charge is 0.291 e. The van der Waals surface area contributed by atoms with E-state index in [1.54, 1.807) is 19.4 Å². The second kappa shape index (κ2) is 4.47. The number of hydrogen-bond donors (Lipinski definition) is 0. The SMILES string of the molecule is CP(C)(=S)Oc1ccc(Cl)c([N+](=O)[O-])c1. The van der Waals surface area contributed by atoms with E-state index in [4.69, 9.17) is 27.9 Å². The molecule has 0 aromatic heterocycles. The normalized spacial score (nSPS) is 11.1. The van der Waals surface area contributed by atoms with E-state index in [9.17, 15) is 10.1 Å². The minimum absolute atomic E-state index is 0.0906. The molecule has 0 N–H and O–H groups in total. The first kappa shape index (κ1) is 12.4. The van der Waals surface area contributed by atoms with Gasteiger partial charge in [0.15, 0.2) is 0 Å². The number of halogens is 1. The number of rotatable bonds is 3. The maximum absolute atomic E-state index is 10.6. The maximum Gasteiger partial charge on any atom is 0.291 e. The second-order valence-electron chi connectivity index (χ2n) is 3.21. The lowest BCUT2D eigenvalue weighted by atomic mass is 10.3. The zero-order chi connectivity index (χ0) is 11.6. The van der Waals surface area contributed by atoms with Gasteiger partial charge < -0.3 is 4.52 Å². The zero-order valence-corrected chi connectivity index (χ0v) is 10.6. The molecule has 1 rings (SSSR count). The Kier molecular flexibility index (Phi) is 3.71. The molecule has 0 bridgehead atoms. The average Bonchev–Trinajstić information content (AvgIpc) is 2.05. The molecule has 7 heteroatoms. The number of nitrogens with zero attached hydrogens (tertiary/aromatic N) is 1. The summed E-state index contributed by atoms with van der Waals surface area (Å²) in [6.07, 6.45) is -1.89. The third kappa shape index (κ3) is 3.78. The Bertz CT molecular complexity index is 446. The van der Waals surface area contributed by atoms with Crippen LogP contribution in [-0.4, -0.2) is 18.3 Å². The summed E-state index contributed by atoms with van der Waals surface area (Å²) < 4.78 is 5.41. The van der Waals surface area contributed by atoms with Crippen LogP contribution in [0.2, 0.25) is 5.02 Å². The van der Waals surface area contributed by atoms with E-state index in [0.29, 0.717) is 5.75 Å². The van der Waals surface area contributed by atoms with Gasteiger partial charge in [0, 0.05) is 0 Å². The largest absolute Gasteiger partial charge is 0.467 e. The van der Waals surface area contributed by atoms with Crippen molar-refractivity contribution >= 4 is 35.4 Å². The van der Waals surface area contributed by atoms with Crippen LogP contribution in [0.25, 0.3) is 0 Å². The Balaban J connectivity index is 3.08. The zero-order valence-electron chi connectivity index (χ0n) is 8.14. The highest BCUT2D eigenvalue weighted by Crippen LogP contribution is 2.41. The van der Waals surface area contributed by atoms with Gasteiger partial charge in [0.05, 0.1) is 11.0 Å². The van der Waals surface area contributed by atoms with Crippen LogP contribution in [-0.2, 0) is 11.8 Å². The molecule has 0 amide bonds. The molecular formula is C8H9ClNO3PS. The van der Waals surface area contributed by atoms with E-state index < -0.39 is 11.2 Å². The lowest BCUT2D eigenvalue weighted by molar-refractivity contribution is -0.384. The number of hydrogen-bond acceptors (Lipinski definition) is 4. The maximum atomic E-state index is 10.6. The van der Waals surface area contributed by atoms with Gasteiger partial charge in [0.2, 0.25) is 0 Å². The van der Waals surface area contributed by atoms with Crippen molar-refractivity contribution in [2.45, 2.75) is 0 Å². The van der Waals surface area contributed by atoms with E-state index in [2.05, 4.69) is 0 Å². The van der Waals surface area contributed by atoms with Crippen molar-refractivity contribution in [1.29, 1.82) is 0 Å². The van der Waals surface area contributed by atoms with Crippen LogP contribution < -0.4 is 4.52 Å². The molecule has 0 heterocycles. The molecule has 0 aliphatic heterocycles. The quantitative estimate of drug-likeness (QED) is 0.478. The van der Waals surface area contributed by atoms with E-state index >= 15 is 0 Å². The van der Waals surface area contributed by atoms with Gasteiger partial charge >= 0.3 is 0 Å². The Labute approximate surface area is 97.4 Å². The van der Waals surface area contributed by atoms with Crippen LogP contribution >= 0.6 is 17.9 Å². The minimum Gasteiger partial charge on any atom is -0.467 e. The van der Waals surface area contributed by atoms with Gasteiger partial charge in [0.1, 0.15) is 17.0 Å². The average molecular weight is 266 g/mol. The molecule has 4 nitrogen and oxygen atoms in total. The summed E-state index contributed by atoms with van der Waals surface area (Å²) >= 11 is 10.7. The van der Waals surface area contributed by atoms with E-state index in [1.807, 2.05) is 0 Å². The van der Waals surface area contributed by atoms with Gasteiger partial charge in [-0.3, -0.25) is 10.1 Å². The summed E-state index contributed by atoms with van der Waals surface area (Å²) in [6, 6.07) is 4.29. The predicted octanol–water partition coefficient (Wildman–Crippen LogP) is 3.28. The van der Waals surface area contributed by atoms with Gasteiger partial charge in [-0.25, -0.2) is 0 Å². The first-order valence-corrected chi connectivity index (χ1v) is 7.97. The number of nitro benzene ring substituents is 1. The fraction of sp³-hybridized carbons (Fsp3) is 0.250. The standard InChI is InChI=1S/C8H9ClNO3PS/c1-14(2,15)13-6-3-4-7(9)8(5-6)10(11)12/h3-5H,1-2H3. The first-order valence-electron chi connectivity index (χ1n) is 3.98. The molecule has 0 fully saturated rings. The van der Waals surface area contributed by atoms with Crippen molar-refractivity contribution in [3.8, 4) is 5.75 Å². The fourth-order valence-corrected chi connectivity index (χ4v) is 2.01. The Morgan fingerprint density at radius 2 is 2.13 bits per heavy atom. The lowest BCUT2D eigenvalue weighted by Gasteiger charge is -2.13. The summed E-state index contributed by atoms with van der Waals surface area (Å²) in [5.41, 5.74) is -0.169. The third-order valence-electron chi connectivity index (χ3n) is 1.44. The van der Waals surface area contributed by atoms with Crippen molar-refractivity contribution < 1.29 is 9.45 Å². The number of nitro groups is 1. The van der Waals surface area contributed by atoms with Crippen molar-refractivity contribution in [3.63, 3.8) is 0 Å². The molecule has 82 valence electrons. The molecule has 0 atom stereocenters. The van der Waals surface area contributed by atoms with Crippen molar-refractivity contribution in [3.05, 3.63) is 33.3 Å². The van der Waals surface area contributed by atoms with E-state index in [1.165, 1.54) is 12.1 Å². The highest BCUT2D eigenvalue weighted by Gasteiger charge is 2.14. The molecule has 0 aliphatic carbocycles. The molecule has 0 radical (unpaired) electrons. The van der Waals surface area contributed by atoms with Crippen LogP contribution in [0.15, 0.2) is 18.2 Å². The van der Waals surface area contributed by atoms with Gasteiger partial charge in [-0.15, -0.1) is 0 Å².